The number of hydrogen-bond acceptors (Lipinski definition) is 5. The van der Waals surface area contributed by atoms with Crippen molar-refractivity contribution in [2.45, 2.75) is 0 Å². The zero-order valence-electron chi connectivity index (χ0n) is 13.8. The second-order valence-electron chi connectivity index (χ2n) is 5.84. The van der Waals surface area contributed by atoms with Crippen molar-refractivity contribution in [1.29, 1.82) is 0 Å². The summed E-state index contributed by atoms with van der Waals surface area (Å²) < 4.78 is 14.1. The first kappa shape index (κ1) is 17.3. The van der Waals surface area contributed by atoms with Gasteiger partial charge in [-0.3, -0.25) is 4.79 Å². The van der Waals surface area contributed by atoms with Crippen LogP contribution in [0.25, 0.3) is 22.4 Å². The summed E-state index contributed by atoms with van der Waals surface area (Å²) in [5, 5.41) is 3.86. The SMILES string of the molecule is CN(C)CCNc1ccc2c(=O)[nH]c(-c3cc(Cl)ccc3F)nc2n1. The standard InChI is InChI=1S/C17H17ClFN5O/c1-24(2)8-7-20-14-6-4-11-15(21-14)22-16(23-17(11)25)12-9-10(18)3-5-13(12)19/h3-6,9H,7-8H2,1-2H3,(H2,20,21,22,23,25). The monoisotopic (exact) mass is 361 g/mol. The maximum atomic E-state index is 14.1. The zero-order chi connectivity index (χ0) is 18.0. The van der Waals surface area contributed by atoms with Crippen molar-refractivity contribution >= 4 is 28.5 Å². The first-order valence-electron chi connectivity index (χ1n) is 7.69. The van der Waals surface area contributed by atoms with E-state index in [2.05, 4.69) is 20.3 Å². The summed E-state index contributed by atoms with van der Waals surface area (Å²) in [5.41, 5.74) is -0.0148. The number of anilines is 1. The molecule has 3 aromatic rings. The maximum absolute atomic E-state index is 14.1. The van der Waals surface area contributed by atoms with Crippen molar-refractivity contribution < 1.29 is 4.39 Å². The van der Waals surface area contributed by atoms with Gasteiger partial charge < -0.3 is 15.2 Å². The van der Waals surface area contributed by atoms with Crippen molar-refractivity contribution in [1.82, 2.24) is 19.9 Å². The van der Waals surface area contributed by atoms with Gasteiger partial charge in [-0.05, 0) is 44.4 Å². The molecule has 8 heteroatoms. The topological polar surface area (TPSA) is 73.9 Å². The lowest BCUT2D eigenvalue weighted by molar-refractivity contribution is 0.425. The highest BCUT2D eigenvalue weighted by molar-refractivity contribution is 6.30. The van der Waals surface area contributed by atoms with E-state index in [1.54, 1.807) is 12.1 Å². The van der Waals surface area contributed by atoms with Gasteiger partial charge in [-0.1, -0.05) is 11.6 Å². The number of benzene rings is 1. The highest BCUT2D eigenvalue weighted by atomic mass is 35.5. The molecule has 2 heterocycles. The molecular formula is C17H17ClFN5O. The summed E-state index contributed by atoms with van der Waals surface area (Å²) >= 11 is 5.92. The second-order valence-corrected chi connectivity index (χ2v) is 6.27. The molecule has 0 spiro atoms. The molecule has 6 nitrogen and oxygen atoms in total. The minimum absolute atomic E-state index is 0.0930. The van der Waals surface area contributed by atoms with Crippen molar-refractivity contribution in [3.63, 3.8) is 0 Å². The number of aromatic amines is 1. The molecular weight excluding hydrogens is 345 g/mol. The first-order valence-corrected chi connectivity index (χ1v) is 8.07. The van der Waals surface area contributed by atoms with Crippen molar-refractivity contribution in [2.24, 2.45) is 0 Å². The molecule has 0 unspecified atom stereocenters. The van der Waals surface area contributed by atoms with Crippen LogP contribution >= 0.6 is 11.6 Å². The molecule has 0 aliphatic heterocycles. The Morgan fingerprint density at radius 3 is 2.80 bits per heavy atom. The Labute approximate surface area is 148 Å². The van der Waals surface area contributed by atoms with Crippen LogP contribution in [-0.2, 0) is 0 Å². The van der Waals surface area contributed by atoms with E-state index in [1.807, 2.05) is 19.0 Å². The van der Waals surface area contributed by atoms with Gasteiger partial charge in [0.1, 0.15) is 17.5 Å². The van der Waals surface area contributed by atoms with E-state index >= 15 is 0 Å². The molecule has 25 heavy (non-hydrogen) atoms. The van der Waals surface area contributed by atoms with Gasteiger partial charge in [-0.25, -0.2) is 14.4 Å². The Kier molecular flexibility index (Phi) is 4.96. The van der Waals surface area contributed by atoms with Gasteiger partial charge in [0.15, 0.2) is 5.65 Å². The third kappa shape index (κ3) is 3.94. The Bertz CT molecular complexity index is 973. The minimum atomic E-state index is -0.521. The molecule has 0 atom stereocenters. The Morgan fingerprint density at radius 1 is 1.24 bits per heavy atom. The van der Waals surface area contributed by atoms with Gasteiger partial charge in [-0.15, -0.1) is 0 Å². The van der Waals surface area contributed by atoms with Gasteiger partial charge in [0.2, 0.25) is 0 Å². The molecule has 0 bridgehead atoms. The van der Waals surface area contributed by atoms with Crippen LogP contribution in [0.15, 0.2) is 35.1 Å². The van der Waals surface area contributed by atoms with Crippen molar-refractivity contribution in [3.05, 3.63) is 51.5 Å². The number of aromatic nitrogens is 3. The molecule has 0 radical (unpaired) electrons. The van der Waals surface area contributed by atoms with Crippen LogP contribution in [0.1, 0.15) is 0 Å². The fourth-order valence-corrected chi connectivity index (χ4v) is 2.50. The van der Waals surface area contributed by atoms with Crippen LogP contribution < -0.4 is 10.9 Å². The number of pyridine rings is 1. The largest absolute Gasteiger partial charge is 0.369 e. The van der Waals surface area contributed by atoms with E-state index in [-0.39, 0.29) is 22.6 Å². The summed E-state index contributed by atoms with van der Waals surface area (Å²) in [4.78, 5) is 25.5. The number of hydrogen-bond donors (Lipinski definition) is 2. The quantitative estimate of drug-likeness (QED) is 0.731. The second kappa shape index (κ2) is 7.16. The van der Waals surface area contributed by atoms with Crippen molar-refractivity contribution in [3.8, 4) is 11.4 Å². The van der Waals surface area contributed by atoms with Crippen LogP contribution in [-0.4, -0.2) is 47.0 Å². The van der Waals surface area contributed by atoms with Gasteiger partial charge in [0, 0.05) is 18.1 Å². The van der Waals surface area contributed by atoms with Gasteiger partial charge in [0.05, 0.1) is 10.9 Å². The molecule has 0 saturated heterocycles. The van der Waals surface area contributed by atoms with Gasteiger partial charge in [0.25, 0.3) is 5.56 Å². The molecule has 0 amide bonds. The summed E-state index contributed by atoms with van der Waals surface area (Å²) in [6, 6.07) is 7.44. The molecule has 0 aliphatic carbocycles. The average molecular weight is 362 g/mol. The molecule has 0 fully saturated rings. The fraction of sp³-hybridized carbons (Fsp3) is 0.235. The van der Waals surface area contributed by atoms with E-state index in [4.69, 9.17) is 11.6 Å². The van der Waals surface area contributed by atoms with E-state index in [9.17, 15) is 9.18 Å². The third-order valence-corrected chi connectivity index (χ3v) is 3.85. The highest BCUT2D eigenvalue weighted by Gasteiger charge is 2.12. The lowest BCUT2D eigenvalue weighted by Crippen LogP contribution is -2.21. The van der Waals surface area contributed by atoms with Crippen LogP contribution in [0.3, 0.4) is 0 Å². The number of halogens is 2. The lowest BCUT2D eigenvalue weighted by atomic mass is 10.2. The highest BCUT2D eigenvalue weighted by Crippen LogP contribution is 2.23. The average Bonchev–Trinajstić information content (AvgIpc) is 2.56. The number of likely N-dealkylation sites (N-methyl/N-ethyl adjacent to an activating group) is 1. The summed E-state index contributed by atoms with van der Waals surface area (Å²) in [7, 11) is 3.95. The molecule has 3 rings (SSSR count). The lowest BCUT2D eigenvalue weighted by Gasteiger charge is -2.11. The third-order valence-electron chi connectivity index (χ3n) is 3.62. The van der Waals surface area contributed by atoms with Crippen LogP contribution in [0.4, 0.5) is 10.2 Å². The van der Waals surface area contributed by atoms with E-state index < -0.39 is 5.82 Å². The van der Waals surface area contributed by atoms with Crippen molar-refractivity contribution in [2.75, 3.05) is 32.5 Å². The predicted octanol–water partition coefficient (Wildman–Crippen LogP) is 2.75. The summed E-state index contributed by atoms with van der Waals surface area (Å²) in [6.45, 7) is 1.53. The summed E-state index contributed by atoms with van der Waals surface area (Å²) in [6.07, 6.45) is 0. The predicted molar refractivity (Wildman–Crippen MR) is 97.6 cm³/mol. The molecule has 2 aromatic heterocycles. The molecule has 130 valence electrons. The Balaban J connectivity index is 2.01. The molecule has 2 N–H and O–H groups in total. The fourth-order valence-electron chi connectivity index (χ4n) is 2.33. The minimum Gasteiger partial charge on any atom is -0.369 e. The number of fused-ring (bicyclic) bond motifs is 1. The Hall–Kier alpha value is -2.51. The van der Waals surface area contributed by atoms with Gasteiger partial charge in [-0.2, -0.15) is 0 Å². The molecule has 0 saturated carbocycles. The number of H-pyrrole nitrogens is 1. The van der Waals surface area contributed by atoms with Crippen LogP contribution in [0.5, 0.6) is 0 Å². The normalized spacial score (nSPS) is 11.2. The number of nitrogens with zero attached hydrogens (tertiary/aromatic N) is 3. The van der Waals surface area contributed by atoms with E-state index in [1.165, 1.54) is 18.2 Å². The Morgan fingerprint density at radius 2 is 2.04 bits per heavy atom. The number of rotatable bonds is 5. The smallest absolute Gasteiger partial charge is 0.260 e. The van der Waals surface area contributed by atoms with Crippen LogP contribution in [0, 0.1) is 5.82 Å². The zero-order valence-corrected chi connectivity index (χ0v) is 14.6. The van der Waals surface area contributed by atoms with E-state index in [0.29, 0.717) is 22.8 Å². The van der Waals surface area contributed by atoms with E-state index in [0.717, 1.165) is 6.54 Å². The van der Waals surface area contributed by atoms with Gasteiger partial charge >= 0.3 is 0 Å². The maximum Gasteiger partial charge on any atom is 0.260 e. The first-order chi connectivity index (χ1) is 11.9. The summed E-state index contributed by atoms with van der Waals surface area (Å²) in [5.74, 6) is 0.174. The molecule has 0 aliphatic rings. The molecule has 1 aromatic carbocycles. The number of nitrogens with one attached hydrogen (secondary N) is 2. The van der Waals surface area contributed by atoms with Crippen LogP contribution in [0.2, 0.25) is 5.02 Å².